The number of ether oxygens (including phenoxy) is 2. The van der Waals surface area contributed by atoms with Crippen molar-refractivity contribution >= 4 is 5.97 Å². The average Bonchev–Trinajstić information content (AvgIpc) is 2.57. The van der Waals surface area contributed by atoms with Gasteiger partial charge < -0.3 is 15.2 Å². The van der Waals surface area contributed by atoms with Crippen LogP contribution in [0.3, 0.4) is 0 Å². The standard InChI is InChI=1S/C9H17NO3/c1-7(2-4-10)9(11)13-8-3-5-12-6-8/h7-8H,2-6,10H2,1H3. The van der Waals surface area contributed by atoms with Gasteiger partial charge in [-0.05, 0) is 13.0 Å². The van der Waals surface area contributed by atoms with Crippen molar-refractivity contribution in [1.82, 2.24) is 0 Å². The van der Waals surface area contributed by atoms with E-state index in [1.165, 1.54) is 0 Å². The lowest BCUT2D eigenvalue weighted by atomic mass is 10.1. The molecular weight excluding hydrogens is 170 g/mol. The maximum Gasteiger partial charge on any atom is 0.309 e. The summed E-state index contributed by atoms with van der Waals surface area (Å²) in [6.07, 6.45) is 1.47. The Morgan fingerprint density at radius 1 is 1.77 bits per heavy atom. The Bertz CT molecular complexity index is 166. The van der Waals surface area contributed by atoms with Crippen molar-refractivity contribution in [1.29, 1.82) is 0 Å². The summed E-state index contributed by atoms with van der Waals surface area (Å²) in [5, 5.41) is 0. The van der Waals surface area contributed by atoms with Crippen LogP contribution >= 0.6 is 0 Å². The lowest BCUT2D eigenvalue weighted by molar-refractivity contribution is -0.153. The Morgan fingerprint density at radius 3 is 3.08 bits per heavy atom. The first kappa shape index (κ1) is 10.5. The minimum Gasteiger partial charge on any atom is -0.460 e. The summed E-state index contributed by atoms with van der Waals surface area (Å²) in [6.45, 7) is 3.60. The van der Waals surface area contributed by atoms with Crippen LogP contribution in [0.4, 0.5) is 0 Å². The Labute approximate surface area is 78.4 Å². The molecule has 1 aliphatic rings. The molecule has 1 heterocycles. The molecule has 4 heteroatoms. The van der Waals surface area contributed by atoms with Gasteiger partial charge in [0.15, 0.2) is 0 Å². The van der Waals surface area contributed by atoms with Gasteiger partial charge in [-0.1, -0.05) is 6.92 Å². The van der Waals surface area contributed by atoms with Crippen molar-refractivity contribution in [3.05, 3.63) is 0 Å². The highest BCUT2D eigenvalue weighted by atomic mass is 16.6. The van der Waals surface area contributed by atoms with Crippen LogP contribution in [0.25, 0.3) is 0 Å². The third-order valence-corrected chi connectivity index (χ3v) is 2.17. The summed E-state index contributed by atoms with van der Waals surface area (Å²) in [7, 11) is 0. The quantitative estimate of drug-likeness (QED) is 0.643. The summed E-state index contributed by atoms with van der Waals surface area (Å²) < 4.78 is 10.3. The van der Waals surface area contributed by atoms with Crippen molar-refractivity contribution < 1.29 is 14.3 Å². The van der Waals surface area contributed by atoms with Crippen LogP contribution in [-0.4, -0.2) is 31.8 Å². The molecule has 2 atom stereocenters. The van der Waals surface area contributed by atoms with Crippen LogP contribution < -0.4 is 5.73 Å². The van der Waals surface area contributed by atoms with Gasteiger partial charge in [0.2, 0.25) is 0 Å². The Morgan fingerprint density at radius 2 is 2.54 bits per heavy atom. The van der Waals surface area contributed by atoms with E-state index in [0.717, 1.165) is 6.42 Å². The molecule has 1 rings (SSSR count). The number of rotatable bonds is 4. The highest BCUT2D eigenvalue weighted by molar-refractivity contribution is 5.72. The number of carbonyl (C=O) groups excluding carboxylic acids is 1. The zero-order valence-electron chi connectivity index (χ0n) is 7.99. The first-order chi connectivity index (χ1) is 6.24. The number of nitrogens with two attached hydrogens (primary N) is 1. The summed E-state index contributed by atoms with van der Waals surface area (Å²) >= 11 is 0. The van der Waals surface area contributed by atoms with Gasteiger partial charge in [0.05, 0.1) is 19.1 Å². The Hall–Kier alpha value is -0.610. The van der Waals surface area contributed by atoms with Crippen LogP contribution in [-0.2, 0) is 14.3 Å². The molecule has 0 amide bonds. The van der Waals surface area contributed by atoms with Gasteiger partial charge in [0.1, 0.15) is 6.10 Å². The van der Waals surface area contributed by atoms with Gasteiger partial charge in [0, 0.05) is 6.42 Å². The van der Waals surface area contributed by atoms with E-state index in [-0.39, 0.29) is 18.0 Å². The number of hydrogen-bond acceptors (Lipinski definition) is 4. The second kappa shape index (κ2) is 5.19. The molecule has 0 aromatic carbocycles. The lowest BCUT2D eigenvalue weighted by Gasteiger charge is -2.13. The molecule has 0 aromatic heterocycles. The van der Waals surface area contributed by atoms with Gasteiger partial charge in [-0.3, -0.25) is 4.79 Å². The summed E-state index contributed by atoms with van der Waals surface area (Å²) in [4.78, 5) is 11.4. The first-order valence-electron chi connectivity index (χ1n) is 4.72. The molecule has 0 aliphatic carbocycles. The van der Waals surface area contributed by atoms with Crippen molar-refractivity contribution in [3.8, 4) is 0 Å². The van der Waals surface area contributed by atoms with Gasteiger partial charge in [-0.25, -0.2) is 0 Å². The molecule has 2 N–H and O–H groups in total. The Kier molecular flexibility index (Phi) is 4.18. The maximum atomic E-state index is 11.4. The lowest BCUT2D eigenvalue weighted by Crippen LogP contribution is -2.24. The summed E-state index contributed by atoms with van der Waals surface area (Å²) in [5.41, 5.74) is 5.34. The minimum absolute atomic E-state index is 0.0345. The summed E-state index contributed by atoms with van der Waals surface area (Å²) in [6, 6.07) is 0. The van der Waals surface area contributed by atoms with Gasteiger partial charge in [-0.15, -0.1) is 0 Å². The molecule has 0 spiro atoms. The zero-order chi connectivity index (χ0) is 9.68. The molecule has 1 saturated heterocycles. The van der Waals surface area contributed by atoms with Gasteiger partial charge in [0.25, 0.3) is 0 Å². The fourth-order valence-electron chi connectivity index (χ4n) is 1.25. The van der Waals surface area contributed by atoms with Crippen molar-refractivity contribution in [2.45, 2.75) is 25.9 Å². The van der Waals surface area contributed by atoms with E-state index in [2.05, 4.69) is 0 Å². The molecule has 0 bridgehead atoms. The Balaban J connectivity index is 2.22. The monoisotopic (exact) mass is 187 g/mol. The van der Waals surface area contributed by atoms with Crippen LogP contribution in [0.2, 0.25) is 0 Å². The normalized spacial score (nSPS) is 24.3. The second-order valence-electron chi connectivity index (χ2n) is 3.40. The number of carbonyl (C=O) groups is 1. The average molecular weight is 187 g/mol. The van der Waals surface area contributed by atoms with Crippen molar-refractivity contribution in [2.24, 2.45) is 11.7 Å². The molecular formula is C9H17NO3. The van der Waals surface area contributed by atoms with Gasteiger partial charge >= 0.3 is 5.97 Å². The maximum absolute atomic E-state index is 11.4. The van der Waals surface area contributed by atoms with E-state index in [0.29, 0.717) is 26.2 Å². The van der Waals surface area contributed by atoms with E-state index in [1.54, 1.807) is 0 Å². The molecule has 76 valence electrons. The third kappa shape index (κ3) is 3.32. The summed E-state index contributed by atoms with van der Waals surface area (Å²) in [5.74, 6) is -0.244. The fourth-order valence-corrected chi connectivity index (χ4v) is 1.25. The van der Waals surface area contributed by atoms with Crippen LogP contribution in [0.1, 0.15) is 19.8 Å². The molecule has 13 heavy (non-hydrogen) atoms. The van der Waals surface area contributed by atoms with Crippen molar-refractivity contribution in [3.63, 3.8) is 0 Å². The zero-order valence-corrected chi connectivity index (χ0v) is 7.99. The third-order valence-electron chi connectivity index (χ3n) is 2.17. The number of hydrogen-bond donors (Lipinski definition) is 1. The highest BCUT2D eigenvalue weighted by Gasteiger charge is 2.22. The van der Waals surface area contributed by atoms with E-state index >= 15 is 0 Å². The first-order valence-corrected chi connectivity index (χ1v) is 4.72. The molecule has 4 nitrogen and oxygen atoms in total. The molecule has 0 aromatic rings. The van der Waals surface area contributed by atoms with Crippen LogP contribution in [0, 0.1) is 5.92 Å². The number of esters is 1. The highest BCUT2D eigenvalue weighted by Crippen LogP contribution is 2.12. The van der Waals surface area contributed by atoms with E-state index < -0.39 is 0 Å². The van der Waals surface area contributed by atoms with E-state index in [1.807, 2.05) is 6.92 Å². The molecule has 0 radical (unpaired) electrons. The van der Waals surface area contributed by atoms with E-state index in [9.17, 15) is 4.79 Å². The largest absolute Gasteiger partial charge is 0.460 e. The SMILES string of the molecule is CC(CCN)C(=O)OC1CCOC1. The topological polar surface area (TPSA) is 61.6 Å². The van der Waals surface area contributed by atoms with Crippen molar-refractivity contribution in [2.75, 3.05) is 19.8 Å². The molecule has 2 unspecified atom stereocenters. The predicted molar refractivity (Wildman–Crippen MR) is 48.2 cm³/mol. The molecule has 1 aliphatic heterocycles. The van der Waals surface area contributed by atoms with Gasteiger partial charge in [-0.2, -0.15) is 0 Å². The van der Waals surface area contributed by atoms with Crippen LogP contribution in [0.15, 0.2) is 0 Å². The fraction of sp³-hybridized carbons (Fsp3) is 0.889. The molecule has 0 saturated carbocycles. The van der Waals surface area contributed by atoms with E-state index in [4.69, 9.17) is 15.2 Å². The van der Waals surface area contributed by atoms with Crippen LogP contribution in [0.5, 0.6) is 0 Å². The second-order valence-corrected chi connectivity index (χ2v) is 3.40. The predicted octanol–water partition coefficient (Wildman–Crippen LogP) is 0.303. The molecule has 1 fully saturated rings. The smallest absolute Gasteiger partial charge is 0.309 e. The minimum atomic E-state index is -0.152.